The highest BCUT2D eigenvalue weighted by Crippen LogP contribution is 2.29. The lowest BCUT2D eigenvalue weighted by Crippen LogP contribution is -2.22. The zero-order valence-electron chi connectivity index (χ0n) is 13.9. The standard InChI is InChI=1S/C18H15N5OS2/c1-12-16(26-18(22-12)14-4-7-25-10-14)17(24)21-9-13-2-3-15(20-8-13)23-6-5-19-11-23/h2-8,10-11H,9H2,1H3,(H,21,24). The van der Waals surface area contributed by atoms with E-state index in [-0.39, 0.29) is 5.91 Å². The highest BCUT2D eigenvalue weighted by atomic mass is 32.1. The van der Waals surface area contributed by atoms with E-state index >= 15 is 0 Å². The molecule has 0 saturated carbocycles. The number of hydrogen-bond donors (Lipinski definition) is 1. The fourth-order valence-corrected chi connectivity index (χ4v) is 4.14. The molecular formula is C18H15N5OS2. The van der Waals surface area contributed by atoms with Gasteiger partial charge in [-0.05, 0) is 30.0 Å². The van der Waals surface area contributed by atoms with Gasteiger partial charge in [0.15, 0.2) is 0 Å². The number of amides is 1. The quantitative estimate of drug-likeness (QED) is 0.572. The Balaban J connectivity index is 1.42. The van der Waals surface area contributed by atoms with Crippen LogP contribution in [-0.4, -0.2) is 25.4 Å². The van der Waals surface area contributed by atoms with Crippen LogP contribution in [0.1, 0.15) is 20.9 Å². The summed E-state index contributed by atoms with van der Waals surface area (Å²) in [4.78, 5) is 26.1. The van der Waals surface area contributed by atoms with Gasteiger partial charge in [0.05, 0.1) is 5.69 Å². The number of carbonyl (C=O) groups excluding carboxylic acids is 1. The van der Waals surface area contributed by atoms with Crippen LogP contribution >= 0.6 is 22.7 Å². The minimum Gasteiger partial charge on any atom is -0.347 e. The van der Waals surface area contributed by atoms with Crippen molar-refractivity contribution in [3.63, 3.8) is 0 Å². The second-order valence-corrected chi connectivity index (χ2v) is 7.40. The molecule has 0 unspecified atom stereocenters. The van der Waals surface area contributed by atoms with Crippen LogP contribution in [0.3, 0.4) is 0 Å². The second-order valence-electron chi connectivity index (χ2n) is 5.62. The van der Waals surface area contributed by atoms with Crippen LogP contribution in [0, 0.1) is 6.92 Å². The third-order valence-electron chi connectivity index (χ3n) is 3.80. The number of thiophene rings is 1. The molecule has 8 heteroatoms. The zero-order chi connectivity index (χ0) is 17.9. The lowest BCUT2D eigenvalue weighted by Gasteiger charge is -2.05. The van der Waals surface area contributed by atoms with Gasteiger partial charge in [0.2, 0.25) is 0 Å². The van der Waals surface area contributed by atoms with Crippen molar-refractivity contribution in [2.45, 2.75) is 13.5 Å². The smallest absolute Gasteiger partial charge is 0.263 e. The molecule has 0 aromatic carbocycles. The van der Waals surface area contributed by atoms with Gasteiger partial charge in [-0.3, -0.25) is 9.36 Å². The van der Waals surface area contributed by atoms with Crippen molar-refractivity contribution in [3.05, 3.63) is 70.0 Å². The van der Waals surface area contributed by atoms with Crippen LogP contribution in [0.25, 0.3) is 16.4 Å². The van der Waals surface area contributed by atoms with Gasteiger partial charge >= 0.3 is 0 Å². The number of nitrogens with zero attached hydrogens (tertiary/aromatic N) is 4. The predicted molar refractivity (Wildman–Crippen MR) is 103 cm³/mol. The topological polar surface area (TPSA) is 72.7 Å². The lowest BCUT2D eigenvalue weighted by molar-refractivity contribution is 0.0954. The molecule has 4 rings (SSSR count). The van der Waals surface area contributed by atoms with Crippen LogP contribution in [0.15, 0.2) is 53.9 Å². The number of aromatic nitrogens is 4. The summed E-state index contributed by atoms with van der Waals surface area (Å²) in [6.07, 6.45) is 6.99. The maximum absolute atomic E-state index is 12.5. The van der Waals surface area contributed by atoms with E-state index < -0.39 is 0 Å². The van der Waals surface area contributed by atoms with Gasteiger partial charge in [-0.2, -0.15) is 11.3 Å². The fourth-order valence-electron chi connectivity index (χ4n) is 2.45. The highest BCUT2D eigenvalue weighted by molar-refractivity contribution is 7.17. The number of imidazole rings is 1. The van der Waals surface area contributed by atoms with Crippen molar-refractivity contribution in [1.29, 1.82) is 0 Å². The zero-order valence-corrected chi connectivity index (χ0v) is 15.5. The number of carbonyl (C=O) groups is 1. The van der Waals surface area contributed by atoms with E-state index in [4.69, 9.17) is 0 Å². The third-order valence-corrected chi connectivity index (χ3v) is 5.69. The summed E-state index contributed by atoms with van der Waals surface area (Å²) in [6.45, 7) is 2.28. The first kappa shape index (κ1) is 16.6. The Bertz CT molecular complexity index is 1000. The summed E-state index contributed by atoms with van der Waals surface area (Å²) in [7, 11) is 0. The van der Waals surface area contributed by atoms with E-state index in [0.29, 0.717) is 11.4 Å². The highest BCUT2D eigenvalue weighted by Gasteiger charge is 2.16. The van der Waals surface area contributed by atoms with Gasteiger partial charge in [0, 0.05) is 36.1 Å². The van der Waals surface area contributed by atoms with Crippen LogP contribution in [0.4, 0.5) is 0 Å². The molecule has 0 radical (unpaired) electrons. The summed E-state index contributed by atoms with van der Waals surface area (Å²) >= 11 is 3.04. The molecule has 0 aliphatic heterocycles. The van der Waals surface area contributed by atoms with E-state index in [0.717, 1.165) is 27.6 Å². The van der Waals surface area contributed by atoms with E-state index in [1.54, 1.807) is 30.1 Å². The summed E-state index contributed by atoms with van der Waals surface area (Å²) < 4.78 is 1.83. The largest absolute Gasteiger partial charge is 0.347 e. The molecule has 0 spiro atoms. The predicted octanol–water partition coefficient (Wildman–Crippen LogP) is 3.69. The summed E-state index contributed by atoms with van der Waals surface area (Å²) in [6, 6.07) is 5.85. The van der Waals surface area contributed by atoms with Crippen molar-refractivity contribution in [3.8, 4) is 16.4 Å². The molecule has 4 heterocycles. The molecule has 0 aliphatic rings. The van der Waals surface area contributed by atoms with Gasteiger partial charge in [-0.25, -0.2) is 15.0 Å². The average Bonchev–Trinajstić information content (AvgIpc) is 3.41. The molecular weight excluding hydrogens is 366 g/mol. The summed E-state index contributed by atoms with van der Waals surface area (Å²) in [5.41, 5.74) is 2.74. The Morgan fingerprint density at radius 2 is 2.23 bits per heavy atom. The number of thiazole rings is 1. The first-order chi connectivity index (χ1) is 12.7. The van der Waals surface area contributed by atoms with Crippen molar-refractivity contribution >= 4 is 28.6 Å². The Kier molecular flexibility index (Phi) is 4.59. The van der Waals surface area contributed by atoms with Gasteiger partial charge in [-0.1, -0.05) is 6.07 Å². The van der Waals surface area contributed by atoms with E-state index in [1.807, 2.05) is 46.6 Å². The molecule has 1 amide bonds. The maximum Gasteiger partial charge on any atom is 0.263 e. The van der Waals surface area contributed by atoms with Crippen molar-refractivity contribution in [1.82, 2.24) is 24.8 Å². The molecule has 0 bridgehead atoms. The van der Waals surface area contributed by atoms with Gasteiger partial charge in [0.1, 0.15) is 22.0 Å². The van der Waals surface area contributed by atoms with Gasteiger partial charge in [-0.15, -0.1) is 11.3 Å². The molecule has 1 N–H and O–H groups in total. The Labute approximate surface area is 158 Å². The van der Waals surface area contributed by atoms with Crippen LogP contribution < -0.4 is 5.32 Å². The van der Waals surface area contributed by atoms with Gasteiger partial charge in [0.25, 0.3) is 5.91 Å². The number of pyridine rings is 1. The fraction of sp³-hybridized carbons (Fsp3) is 0.111. The Hall–Kier alpha value is -2.84. The van der Waals surface area contributed by atoms with Crippen molar-refractivity contribution in [2.75, 3.05) is 0 Å². The van der Waals surface area contributed by atoms with Crippen LogP contribution in [-0.2, 0) is 6.54 Å². The minimum atomic E-state index is -0.111. The molecule has 130 valence electrons. The normalized spacial score (nSPS) is 10.8. The molecule has 0 atom stereocenters. The number of rotatable bonds is 5. The first-order valence-corrected chi connectivity index (χ1v) is 9.68. The lowest BCUT2D eigenvalue weighted by atomic mass is 10.2. The molecule has 4 aromatic rings. The Morgan fingerprint density at radius 3 is 2.92 bits per heavy atom. The van der Waals surface area contributed by atoms with Crippen molar-refractivity contribution < 1.29 is 4.79 Å². The van der Waals surface area contributed by atoms with Crippen LogP contribution in [0.5, 0.6) is 0 Å². The SMILES string of the molecule is Cc1nc(-c2ccsc2)sc1C(=O)NCc1ccc(-n2ccnc2)nc1. The van der Waals surface area contributed by atoms with Crippen LogP contribution in [0.2, 0.25) is 0 Å². The number of hydrogen-bond acceptors (Lipinski definition) is 6. The molecule has 0 fully saturated rings. The minimum absolute atomic E-state index is 0.111. The van der Waals surface area contributed by atoms with E-state index in [1.165, 1.54) is 11.3 Å². The summed E-state index contributed by atoms with van der Waals surface area (Å²) in [5.74, 6) is 0.677. The van der Waals surface area contributed by atoms with E-state index in [2.05, 4.69) is 20.3 Å². The average molecular weight is 381 g/mol. The molecule has 4 aromatic heterocycles. The molecule has 0 saturated heterocycles. The second kappa shape index (κ2) is 7.19. The third kappa shape index (κ3) is 3.42. The molecule has 0 aliphatic carbocycles. The van der Waals surface area contributed by atoms with E-state index in [9.17, 15) is 4.79 Å². The first-order valence-electron chi connectivity index (χ1n) is 7.92. The number of aryl methyl sites for hydroxylation is 1. The molecule has 26 heavy (non-hydrogen) atoms. The monoisotopic (exact) mass is 381 g/mol. The number of nitrogens with one attached hydrogen (secondary N) is 1. The van der Waals surface area contributed by atoms with Gasteiger partial charge < -0.3 is 5.32 Å². The summed E-state index contributed by atoms with van der Waals surface area (Å²) in [5, 5.41) is 7.86. The Morgan fingerprint density at radius 1 is 1.31 bits per heavy atom. The maximum atomic E-state index is 12.5. The molecule has 6 nitrogen and oxygen atoms in total. The van der Waals surface area contributed by atoms with Crippen molar-refractivity contribution in [2.24, 2.45) is 0 Å².